The lowest BCUT2D eigenvalue weighted by molar-refractivity contribution is -0.119. The maximum absolute atomic E-state index is 11.5. The summed E-state index contributed by atoms with van der Waals surface area (Å²) < 4.78 is 0.772. The van der Waals surface area contributed by atoms with Crippen LogP contribution in [0.2, 0.25) is 4.34 Å². The number of thiophene rings is 1. The van der Waals surface area contributed by atoms with Gasteiger partial charge in [-0.05, 0) is 25.5 Å². The predicted octanol–water partition coefficient (Wildman–Crippen LogP) is 2.91. The molecule has 2 N–H and O–H groups in total. The van der Waals surface area contributed by atoms with Crippen LogP contribution in [0.4, 0.5) is 0 Å². The van der Waals surface area contributed by atoms with E-state index in [1.54, 1.807) is 18.7 Å². The number of carbonyl (C=O) groups excluding carboxylic acids is 1. The van der Waals surface area contributed by atoms with Gasteiger partial charge in [0.1, 0.15) is 0 Å². The molecule has 0 fully saturated rings. The summed E-state index contributed by atoms with van der Waals surface area (Å²) in [4.78, 5) is 12.7. The summed E-state index contributed by atoms with van der Waals surface area (Å²) in [5.74, 6) is 1.14. The third-order valence-corrected chi connectivity index (χ3v) is 4.93. The number of hydrogen-bond donors (Lipinski definition) is 2. The summed E-state index contributed by atoms with van der Waals surface area (Å²) in [6, 6.07) is 3.83. The Labute approximate surface area is 121 Å². The van der Waals surface area contributed by atoms with Crippen LogP contribution in [0.1, 0.15) is 25.1 Å². The Bertz CT molecular complexity index is 393. The molecule has 1 atom stereocenters. The first-order valence-electron chi connectivity index (χ1n) is 5.74. The molecule has 1 aromatic rings. The monoisotopic (exact) mass is 307 g/mol. The Morgan fingerprint density at radius 1 is 1.61 bits per heavy atom. The molecule has 0 aliphatic heterocycles. The molecular formula is C12H18ClNO2S2. The Kier molecular flexibility index (Phi) is 6.49. The summed E-state index contributed by atoms with van der Waals surface area (Å²) in [6.07, 6.45) is 0.619. The van der Waals surface area contributed by atoms with E-state index in [-0.39, 0.29) is 5.91 Å². The van der Waals surface area contributed by atoms with Crippen LogP contribution in [0, 0.1) is 0 Å². The molecule has 0 spiro atoms. The van der Waals surface area contributed by atoms with Gasteiger partial charge in [-0.2, -0.15) is 0 Å². The molecule has 1 rings (SSSR count). The quantitative estimate of drug-likeness (QED) is 0.814. The van der Waals surface area contributed by atoms with E-state index in [2.05, 4.69) is 5.32 Å². The molecule has 0 radical (unpaired) electrons. The van der Waals surface area contributed by atoms with Crippen LogP contribution in [0.15, 0.2) is 12.1 Å². The van der Waals surface area contributed by atoms with Gasteiger partial charge >= 0.3 is 0 Å². The lowest BCUT2D eigenvalue weighted by atomic mass is 10.0. The zero-order chi connectivity index (χ0) is 13.6. The Balaban J connectivity index is 2.18. The average Bonchev–Trinajstić information content (AvgIpc) is 2.73. The second kappa shape index (κ2) is 7.38. The van der Waals surface area contributed by atoms with Crippen molar-refractivity contribution in [3.05, 3.63) is 21.3 Å². The van der Waals surface area contributed by atoms with Crippen molar-refractivity contribution in [2.45, 2.75) is 31.6 Å². The van der Waals surface area contributed by atoms with Gasteiger partial charge in [0.25, 0.3) is 0 Å². The van der Waals surface area contributed by atoms with Crippen molar-refractivity contribution in [3.8, 4) is 0 Å². The summed E-state index contributed by atoms with van der Waals surface area (Å²) in [6.45, 7) is 3.91. The Morgan fingerprint density at radius 3 is 2.89 bits per heavy atom. The van der Waals surface area contributed by atoms with E-state index in [1.165, 1.54) is 16.2 Å². The third kappa shape index (κ3) is 6.09. The van der Waals surface area contributed by atoms with Gasteiger partial charge in [-0.3, -0.25) is 4.79 Å². The average molecular weight is 308 g/mol. The lowest BCUT2D eigenvalue weighted by Crippen LogP contribution is -2.40. The van der Waals surface area contributed by atoms with Crippen LogP contribution in [-0.2, 0) is 10.5 Å². The van der Waals surface area contributed by atoms with E-state index in [0.717, 1.165) is 10.1 Å². The first kappa shape index (κ1) is 15.8. The minimum Gasteiger partial charge on any atom is -0.388 e. The molecule has 0 saturated carbocycles. The zero-order valence-electron chi connectivity index (χ0n) is 10.5. The molecule has 102 valence electrons. The molecule has 0 saturated heterocycles. The fourth-order valence-electron chi connectivity index (χ4n) is 1.14. The molecule has 1 unspecified atom stereocenters. The summed E-state index contributed by atoms with van der Waals surface area (Å²) in [5.41, 5.74) is -0.818. The maximum atomic E-state index is 11.5. The Morgan fingerprint density at radius 2 is 2.33 bits per heavy atom. The third-order valence-electron chi connectivity index (χ3n) is 2.53. The number of carbonyl (C=O) groups is 1. The molecule has 1 aromatic heterocycles. The number of nitrogens with one attached hydrogen (secondary N) is 1. The summed E-state index contributed by atoms with van der Waals surface area (Å²) in [5, 5.41) is 12.5. The topological polar surface area (TPSA) is 49.3 Å². The van der Waals surface area contributed by atoms with Crippen LogP contribution >= 0.6 is 34.7 Å². The van der Waals surface area contributed by atoms with Gasteiger partial charge in [0.2, 0.25) is 5.91 Å². The van der Waals surface area contributed by atoms with Gasteiger partial charge in [-0.25, -0.2) is 0 Å². The van der Waals surface area contributed by atoms with E-state index in [4.69, 9.17) is 11.6 Å². The first-order chi connectivity index (χ1) is 8.43. The molecule has 3 nitrogen and oxygen atoms in total. The van der Waals surface area contributed by atoms with E-state index in [1.807, 2.05) is 19.1 Å². The summed E-state index contributed by atoms with van der Waals surface area (Å²) in [7, 11) is 0. The van der Waals surface area contributed by atoms with Crippen molar-refractivity contribution in [1.82, 2.24) is 5.32 Å². The van der Waals surface area contributed by atoms with Crippen LogP contribution in [-0.4, -0.2) is 28.9 Å². The fourth-order valence-corrected chi connectivity index (χ4v) is 3.19. The molecule has 18 heavy (non-hydrogen) atoms. The van der Waals surface area contributed by atoms with Gasteiger partial charge in [0.15, 0.2) is 0 Å². The van der Waals surface area contributed by atoms with Crippen LogP contribution in [0.3, 0.4) is 0 Å². The molecule has 6 heteroatoms. The second-order valence-electron chi connectivity index (χ2n) is 4.33. The highest BCUT2D eigenvalue weighted by Gasteiger charge is 2.18. The smallest absolute Gasteiger partial charge is 0.230 e. The number of rotatable bonds is 7. The lowest BCUT2D eigenvalue weighted by Gasteiger charge is -2.21. The van der Waals surface area contributed by atoms with Crippen LogP contribution in [0.5, 0.6) is 0 Å². The van der Waals surface area contributed by atoms with E-state index in [0.29, 0.717) is 18.7 Å². The zero-order valence-corrected chi connectivity index (χ0v) is 12.9. The highest BCUT2D eigenvalue weighted by Crippen LogP contribution is 2.24. The summed E-state index contributed by atoms with van der Waals surface area (Å²) >= 11 is 8.90. The van der Waals surface area contributed by atoms with Crippen molar-refractivity contribution in [2.75, 3.05) is 12.3 Å². The van der Waals surface area contributed by atoms with Gasteiger partial charge < -0.3 is 10.4 Å². The van der Waals surface area contributed by atoms with Crippen molar-refractivity contribution in [3.63, 3.8) is 0 Å². The van der Waals surface area contributed by atoms with Crippen molar-refractivity contribution in [1.29, 1.82) is 0 Å². The Hall–Kier alpha value is -0.230. The molecular weight excluding hydrogens is 290 g/mol. The van der Waals surface area contributed by atoms with Crippen molar-refractivity contribution < 1.29 is 9.90 Å². The highest BCUT2D eigenvalue weighted by atomic mass is 35.5. The van der Waals surface area contributed by atoms with Crippen molar-refractivity contribution in [2.24, 2.45) is 0 Å². The number of hydrogen-bond acceptors (Lipinski definition) is 4. The number of halogens is 1. The predicted molar refractivity (Wildman–Crippen MR) is 79.4 cm³/mol. The molecule has 0 aromatic carbocycles. The first-order valence-corrected chi connectivity index (χ1v) is 8.09. The van der Waals surface area contributed by atoms with E-state index in [9.17, 15) is 9.90 Å². The van der Waals surface area contributed by atoms with Gasteiger partial charge in [0.05, 0.1) is 15.7 Å². The van der Waals surface area contributed by atoms with Gasteiger partial charge in [-0.1, -0.05) is 18.5 Å². The SMILES string of the molecule is CCC(C)(O)CNC(=O)CSCc1ccc(Cl)s1. The maximum Gasteiger partial charge on any atom is 0.230 e. The molecule has 1 heterocycles. The molecule has 0 bridgehead atoms. The van der Waals surface area contributed by atoms with Gasteiger partial charge in [-0.15, -0.1) is 23.1 Å². The number of thioether (sulfide) groups is 1. The van der Waals surface area contributed by atoms with Gasteiger partial charge in [0, 0.05) is 17.2 Å². The fraction of sp³-hybridized carbons (Fsp3) is 0.583. The number of aliphatic hydroxyl groups is 1. The standard InChI is InChI=1S/C12H18ClNO2S2/c1-3-12(2,16)8-14-11(15)7-17-6-9-4-5-10(13)18-9/h4-5,16H,3,6-8H2,1-2H3,(H,14,15). The molecule has 0 aliphatic carbocycles. The van der Waals surface area contributed by atoms with Crippen LogP contribution < -0.4 is 5.32 Å². The molecule has 0 aliphatic rings. The molecule has 1 amide bonds. The normalized spacial score (nSPS) is 14.2. The van der Waals surface area contributed by atoms with E-state index < -0.39 is 5.60 Å². The minimum absolute atomic E-state index is 0.0450. The second-order valence-corrected chi connectivity index (χ2v) is 7.11. The largest absolute Gasteiger partial charge is 0.388 e. The minimum atomic E-state index is -0.818. The van der Waals surface area contributed by atoms with Crippen LogP contribution in [0.25, 0.3) is 0 Å². The van der Waals surface area contributed by atoms with Crippen molar-refractivity contribution >= 4 is 40.6 Å². The number of amides is 1. The van der Waals surface area contributed by atoms with E-state index >= 15 is 0 Å². The highest BCUT2D eigenvalue weighted by molar-refractivity contribution is 7.99.